The van der Waals surface area contributed by atoms with Gasteiger partial charge in [-0.15, -0.1) is 11.3 Å². The van der Waals surface area contributed by atoms with Crippen molar-refractivity contribution in [3.05, 3.63) is 58.3 Å². The van der Waals surface area contributed by atoms with Crippen LogP contribution in [0, 0.1) is 0 Å². The van der Waals surface area contributed by atoms with E-state index < -0.39 is 0 Å². The Morgan fingerprint density at radius 2 is 1.93 bits per heavy atom. The lowest BCUT2D eigenvalue weighted by atomic mass is 10.2. The molecule has 2 nitrogen and oxygen atoms in total. The van der Waals surface area contributed by atoms with Crippen molar-refractivity contribution in [2.45, 2.75) is 6.61 Å². The molecule has 1 aromatic heterocycles. The number of thiophene rings is 1. The first kappa shape index (κ1) is 9.93. The van der Waals surface area contributed by atoms with Gasteiger partial charge >= 0.3 is 5.97 Å². The summed E-state index contributed by atoms with van der Waals surface area (Å²) < 4.78 is 5.14. The van der Waals surface area contributed by atoms with Gasteiger partial charge in [-0.1, -0.05) is 36.4 Å². The molecular formula is C12H10O2S. The molecule has 0 bridgehead atoms. The third-order valence-corrected chi connectivity index (χ3v) is 2.79. The molecule has 2 aromatic rings. The van der Waals surface area contributed by atoms with Crippen molar-refractivity contribution < 1.29 is 9.53 Å². The topological polar surface area (TPSA) is 26.3 Å². The number of carbonyl (C=O) groups excluding carboxylic acids is 1. The van der Waals surface area contributed by atoms with E-state index in [1.165, 1.54) is 11.3 Å². The minimum Gasteiger partial charge on any atom is -0.457 e. The van der Waals surface area contributed by atoms with E-state index in [2.05, 4.69) is 0 Å². The number of rotatable bonds is 3. The van der Waals surface area contributed by atoms with Gasteiger partial charge in [-0.3, -0.25) is 0 Å². The van der Waals surface area contributed by atoms with Crippen LogP contribution in [0.5, 0.6) is 0 Å². The van der Waals surface area contributed by atoms with E-state index in [0.717, 1.165) is 5.56 Å². The van der Waals surface area contributed by atoms with Crippen LogP contribution in [0.2, 0.25) is 0 Å². The lowest BCUT2D eigenvalue weighted by Crippen LogP contribution is -2.02. The number of hydrogen-bond donors (Lipinski definition) is 0. The number of benzene rings is 1. The van der Waals surface area contributed by atoms with E-state index >= 15 is 0 Å². The minimum absolute atomic E-state index is 0.256. The van der Waals surface area contributed by atoms with E-state index in [0.29, 0.717) is 11.5 Å². The summed E-state index contributed by atoms with van der Waals surface area (Å²) in [6, 6.07) is 13.2. The van der Waals surface area contributed by atoms with Crippen LogP contribution < -0.4 is 0 Å². The molecular weight excluding hydrogens is 208 g/mol. The zero-order valence-electron chi connectivity index (χ0n) is 8.05. The highest BCUT2D eigenvalue weighted by molar-refractivity contribution is 7.11. The van der Waals surface area contributed by atoms with Gasteiger partial charge in [-0.2, -0.15) is 0 Å². The van der Waals surface area contributed by atoms with Crippen molar-refractivity contribution in [1.82, 2.24) is 0 Å². The summed E-state index contributed by atoms with van der Waals surface area (Å²) in [7, 11) is 0. The maximum Gasteiger partial charge on any atom is 0.348 e. The van der Waals surface area contributed by atoms with Crippen LogP contribution >= 0.6 is 11.3 Å². The highest BCUT2D eigenvalue weighted by Gasteiger charge is 2.07. The minimum atomic E-state index is -0.256. The summed E-state index contributed by atoms with van der Waals surface area (Å²) >= 11 is 1.39. The van der Waals surface area contributed by atoms with Crippen LogP contribution in [0.15, 0.2) is 47.8 Å². The molecule has 0 saturated heterocycles. The van der Waals surface area contributed by atoms with Crippen molar-refractivity contribution >= 4 is 17.3 Å². The van der Waals surface area contributed by atoms with Gasteiger partial charge in [0.15, 0.2) is 0 Å². The van der Waals surface area contributed by atoms with Crippen LogP contribution in [0.4, 0.5) is 0 Å². The van der Waals surface area contributed by atoms with Crippen molar-refractivity contribution in [3.63, 3.8) is 0 Å². The summed E-state index contributed by atoms with van der Waals surface area (Å²) in [4.78, 5) is 12.1. The third kappa shape index (κ3) is 2.67. The van der Waals surface area contributed by atoms with Crippen LogP contribution in [0.3, 0.4) is 0 Å². The maximum absolute atomic E-state index is 11.5. The Labute approximate surface area is 92.1 Å². The SMILES string of the molecule is O=C(OCc1ccccc1)c1cccs1. The molecule has 0 unspecified atom stereocenters. The van der Waals surface area contributed by atoms with Crippen molar-refractivity contribution in [3.8, 4) is 0 Å². The van der Waals surface area contributed by atoms with Gasteiger partial charge in [-0.05, 0) is 17.0 Å². The van der Waals surface area contributed by atoms with E-state index in [4.69, 9.17) is 4.74 Å². The number of esters is 1. The molecule has 1 aromatic carbocycles. The normalized spacial score (nSPS) is 9.87. The van der Waals surface area contributed by atoms with Crippen molar-refractivity contribution in [2.24, 2.45) is 0 Å². The van der Waals surface area contributed by atoms with Gasteiger partial charge in [0.25, 0.3) is 0 Å². The summed E-state index contributed by atoms with van der Waals surface area (Å²) in [6.45, 7) is 0.331. The lowest BCUT2D eigenvalue weighted by Gasteiger charge is -2.02. The Bertz CT molecular complexity index is 420. The first-order valence-electron chi connectivity index (χ1n) is 4.61. The molecule has 76 valence electrons. The molecule has 0 aliphatic carbocycles. The third-order valence-electron chi connectivity index (χ3n) is 1.94. The van der Waals surface area contributed by atoms with Gasteiger partial charge in [0.1, 0.15) is 11.5 Å². The molecule has 0 N–H and O–H groups in total. The van der Waals surface area contributed by atoms with Crippen LogP contribution in [-0.4, -0.2) is 5.97 Å². The monoisotopic (exact) mass is 218 g/mol. The lowest BCUT2D eigenvalue weighted by molar-refractivity contribution is 0.0478. The molecule has 0 atom stereocenters. The summed E-state index contributed by atoms with van der Waals surface area (Å²) in [5.74, 6) is -0.256. The van der Waals surface area contributed by atoms with Crippen molar-refractivity contribution in [2.75, 3.05) is 0 Å². The van der Waals surface area contributed by atoms with Gasteiger partial charge in [0.2, 0.25) is 0 Å². The van der Waals surface area contributed by atoms with E-state index in [9.17, 15) is 4.79 Å². The molecule has 0 aliphatic heterocycles. The Kier molecular flexibility index (Phi) is 3.15. The summed E-state index contributed by atoms with van der Waals surface area (Å²) in [6.07, 6.45) is 0. The summed E-state index contributed by atoms with van der Waals surface area (Å²) in [5, 5.41) is 1.86. The molecule has 0 fully saturated rings. The Morgan fingerprint density at radius 1 is 1.13 bits per heavy atom. The second-order valence-corrected chi connectivity index (χ2v) is 3.99. The fourth-order valence-corrected chi connectivity index (χ4v) is 1.80. The smallest absolute Gasteiger partial charge is 0.348 e. The second kappa shape index (κ2) is 4.75. The molecule has 0 saturated carbocycles. The van der Waals surface area contributed by atoms with E-state index in [-0.39, 0.29) is 5.97 Å². The zero-order chi connectivity index (χ0) is 10.5. The average Bonchev–Trinajstić information content (AvgIpc) is 2.81. The fourth-order valence-electron chi connectivity index (χ4n) is 1.19. The molecule has 2 rings (SSSR count). The van der Waals surface area contributed by atoms with Crippen LogP contribution in [0.25, 0.3) is 0 Å². The molecule has 0 radical (unpaired) electrons. The van der Waals surface area contributed by atoms with Gasteiger partial charge in [-0.25, -0.2) is 4.79 Å². The molecule has 15 heavy (non-hydrogen) atoms. The molecule has 3 heteroatoms. The van der Waals surface area contributed by atoms with E-state index in [1.54, 1.807) is 6.07 Å². The predicted molar refractivity (Wildman–Crippen MR) is 59.9 cm³/mol. The van der Waals surface area contributed by atoms with Gasteiger partial charge < -0.3 is 4.74 Å². The van der Waals surface area contributed by atoms with E-state index in [1.807, 2.05) is 41.8 Å². The molecule has 0 spiro atoms. The van der Waals surface area contributed by atoms with Crippen LogP contribution in [0.1, 0.15) is 15.2 Å². The largest absolute Gasteiger partial charge is 0.457 e. The Hall–Kier alpha value is -1.61. The Morgan fingerprint density at radius 3 is 2.60 bits per heavy atom. The average molecular weight is 218 g/mol. The standard InChI is InChI=1S/C12H10O2S/c13-12(11-7-4-8-15-11)14-9-10-5-2-1-3-6-10/h1-8H,9H2. The first-order chi connectivity index (χ1) is 7.36. The second-order valence-electron chi connectivity index (χ2n) is 3.04. The highest BCUT2D eigenvalue weighted by atomic mass is 32.1. The fraction of sp³-hybridized carbons (Fsp3) is 0.0833. The summed E-state index contributed by atoms with van der Waals surface area (Å²) in [5.41, 5.74) is 1.00. The molecule has 0 amide bonds. The van der Waals surface area contributed by atoms with Crippen molar-refractivity contribution in [1.29, 1.82) is 0 Å². The highest BCUT2D eigenvalue weighted by Crippen LogP contribution is 2.11. The Balaban J connectivity index is 1.92. The van der Waals surface area contributed by atoms with Crippen LogP contribution in [-0.2, 0) is 11.3 Å². The number of ether oxygens (including phenoxy) is 1. The zero-order valence-corrected chi connectivity index (χ0v) is 8.87. The molecule has 0 aliphatic rings. The number of carbonyl (C=O) groups is 1. The predicted octanol–water partition coefficient (Wildman–Crippen LogP) is 3.11. The van der Waals surface area contributed by atoms with Gasteiger partial charge in [0.05, 0.1) is 0 Å². The first-order valence-corrected chi connectivity index (χ1v) is 5.49. The molecule has 1 heterocycles. The van der Waals surface area contributed by atoms with Gasteiger partial charge in [0, 0.05) is 0 Å². The quantitative estimate of drug-likeness (QED) is 0.740. The maximum atomic E-state index is 11.5. The number of hydrogen-bond acceptors (Lipinski definition) is 3.